The van der Waals surface area contributed by atoms with Gasteiger partial charge in [0.15, 0.2) is 14.6 Å². The third kappa shape index (κ3) is 5.00. The van der Waals surface area contributed by atoms with Gasteiger partial charge in [-0.1, -0.05) is 20.8 Å². The summed E-state index contributed by atoms with van der Waals surface area (Å²) in [6.07, 6.45) is -1.06. The Morgan fingerprint density at radius 3 is 1.83 bits per heavy atom. The molecule has 0 aromatic rings. The lowest BCUT2D eigenvalue weighted by Gasteiger charge is -2.47. The summed E-state index contributed by atoms with van der Waals surface area (Å²) < 4.78 is 30.1. The van der Waals surface area contributed by atoms with Crippen molar-refractivity contribution in [3.8, 4) is 0 Å². The molecule has 1 aliphatic heterocycles. The van der Waals surface area contributed by atoms with E-state index in [-0.39, 0.29) is 30.5 Å². The van der Waals surface area contributed by atoms with E-state index in [9.17, 15) is 0 Å². The van der Waals surface area contributed by atoms with Crippen molar-refractivity contribution in [3.63, 3.8) is 0 Å². The Morgan fingerprint density at radius 2 is 1.43 bits per heavy atom. The maximum absolute atomic E-state index is 6.68. The zero-order valence-electron chi connectivity index (χ0n) is 16.1. The van der Waals surface area contributed by atoms with Crippen LogP contribution in [0.25, 0.3) is 0 Å². The van der Waals surface area contributed by atoms with Crippen molar-refractivity contribution in [1.29, 1.82) is 0 Å². The number of hydrogen-bond acceptors (Lipinski definition) is 5. The van der Waals surface area contributed by atoms with Crippen molar-refractivity contribution in [2.75, 3.05) is 14.2 Å². The van der Waals surface area contributed by atoms with Crippen LogP contribution in [0.4, 0.5) is 0 Å². The molecule has 0 spiro atoms. The van der Waals surface area contributed by atoms with Crippen LogP contribution in [-0.2, 0) is 23.4 Å². The molecule has 6 heteroatoms. The lowest BCUT2D eigenvalue weighted by Crippen LogP contribution is -2.62. The highest BCUT2D eigenvalue weighted by atomic mass is 28.4. The predicted octanol–water partition coefficient (Wildman–Crippen LogP) is 3.58. The van der Waals surface area contributed by atoms with E-state index in [0.29, 0.717) is 0 Å². The first-order valence-electron chi connectivity index (χ1n) is 8.92. The minimum absolute atomic E-state index is 0.0650. The average Bonchev–Trinajstić information content (AvgIpc) is 2.53. The molecule has 1 aliphatic rings. The summed E-state index contributed by atoms with van der Waals surface area (Å²) in [5, 5.41) is 0. The van der Waals surface area contributed by atoms with E-state index in [4.69, 9.17) is 23.4 Å². The summed E-state index contributed by atoms with van der Waals surface area (Å²) in [7, 11) is 1.63. The Hall–Kier alpha value is 0.0169. The monoisotopic (exact) mass is 348 g/mol. The summed E-state index contributed by atoms with van der Waals surface area (Å²) in [6, 6.07) is 3.30. The molecule has 0 saturated carbocycles. The summed E-state index contributed by atoms with van der Waals surface area (Å²) in [6.45, 7) is 12.7. The molecule has 0 radical (unpaired) electrons. The number of rotatable bonds is 9. The zero-order valence-corrected chi connectivity index (χ0v) is 17.1. The van der Waals surface area contributed by atoms with Gasteiger partial charge in [0.05, 0.1) is 18.3 Å². The highest BCUT2D eigenvalue weighted by Crippen LogP contribution is 2.33. The number of hydrogen-bond donors (Lipinski definition) is 0. The maximum Gasteiger partial charge on any atom is 0.192 e. The molecule has 0 bridgehead atoms. The molecule has 5 atom stereocenters. The Balaban J connectivity index is 2.99. The van der Waals surface area contributed by atoms with Crippen molar-refractivity contribution in [2.45, 2.75) is 96.5 Å². The van der Waals surface area contributed by atoms with Crippen molar-refractivity contribution in [3.05, 3.63) is 0 Å². The van der Waals surface area contributed by atoms with E-state index < -0.39 is 14.6 Å². The van der Waals surface area contributed by atoms with Crippen LogP contribution in [0.15, 0.2) is 0 Å². The van der Waals surface area contributed by atoms with E-state index in [1.165, 1.54) is 0 Å². The van der Waals surface area contributed by atoms with Crippen LogP contribution in [0.5, 0.6) is 0 Å². The van der Waals surface area contributed by atoms with Crippen molar-refractivity contribution in [2.24, 2.45) is 0 Å². The molecule has 0 aliphatic carbocycles. The molecule has 0 aromatic carbocycles. The fraction of sp³-hybridized carbons (Fsp3) is 1.00. The smallest absolute Gasteiger partial charge is 0.192 e. The first kappa shape index (κ1) is 21.1. The van der Waals surface area contributed by atoms with Gasteiger partial charge in [-0.2, -0.15) is 0 Å². The summed E-state index contributed by atoms with van der Waals surface area (Å²) >= 11 is 0. The Bertz CT molecular complexity index is 327. The lowest BCUT2D eigenvalue weighted by molar-refractivity contribution is -0.306. The third-order valence-corrected chi connectivity index (χ3v) is 9.64. The standard InChI is InChI=1S/C17H36O5Si/c1-9-23(10-2,11-3)22-14-13(6)21-17(20-12(4)5)16(19-8)15(14)18-7/h12-17H,9-11H2,1-8H3/t13-,14-,15-,16-,17-/m1/s1. The van der Waals surface area contributed by atoms with E-state index in [2.05, 4.69) is 20.8 Å². The van der Waals surface area contributed by atoms with Crippen LogP contribution in [-0.4, -0.2) is 59.3 Å². The highest BCUT2D eigenvalue weighted by Gasteiger charge is 2.49. The predicted molar refractivity (Wildman–Crippen MR) is 94.2 cm³/mol. The van der Waals surface area contributed by atoms with Gasteiger partial charge in [-0.15, -0.1) is 0 Å². The lowest BCUT2D eigenvalue weighted by atomic mass is 9.99. The summed E-state index contributed by atoms with van der Waals surface area (Å²) in [5.41, 5.74) is 0. The van der Waals surface area contributed by atoms with E-state index >= 15 is 0 Å². The Labute approximate surface area is 143 Å². The molecular formula is C17H36O5Si. The molecule has 0 aromatic heterocycles. The fourth-order valence-corrected chi connectivity index (χ4v) is 6.22. The second-order valence-electron chi connectivity index (χ2n) is 6.62. The van der Waals surface area contributed by atoms with Gasteiger partial charge in [-0.05, 0) is 38.9 Å². The van der Waals surface area contributed by atoms with Crippen LogP contribution in [0.2, 0.25) is 18.1 Å². The largest absolute Gasteiger partial charge is 0.409 e. The van der Waals surface area contributed by atoms with Gasteiger partial charge in [0.25, 0.3) is 0 Å². The van der Waals surface area contributed by atoms with Gasteiger partial charge < -0.3 is 23.4 Å². The van der Waals surface area contributed by atoms with Crippen LogP contribution < -0.4 is 0 Å². The SMILES string of the molecule is CC[Si](CC)(CC)O[C@H]1[C@@H](OC)[C@@H](OC)[C@H](OC(C)C)O[C@@H]1C. The second kappa shape index (κ2) is 9.49. The summed E-state index contributed by atoms with van der Waals surface area (Å²) in [4.78, 5) is 0. The first-order chi connectivity index (χ1) is 10.9. The van der Waals surface area contributed by atoms with E-state index in [1.807, 2.05) is 20.8 Å². The zero-order chi connectivity index (χ0) is 17.6. The van der Waals surface area contributed by atoms with Crippen LogP contribution >= 0.6 is 0 Å². The van der Waals surface area contributed by atoms with Gasteiger partial charge in [0.1, 0.15) is 12.2 Å². The second-order valence-corrected chi connectivity index (χ2v) is 11.3. The van der Waals surface area contributed by atoms with E-state index in [1.54, 1.807) is 14.2 Å². The third-order valence-electron chi connectivity index (χ3n) is 5.00. The Kier molecular flexibility index (Phi) is 8.69. The quantitative estimate of drug-likeness (QED) is 0.596. The maximum atomic E-state index is 6.68. The minimum atomic E-state index is -1.76. The van der Waals surface area contributed by atoms with Crippen molar-refractivity contribution < 1.29 is 23.4 Å². The van der Waals surface area contributed by atoms with Gasteiger partial charge >= 0.3 is 0 Å². The number of ether oxygens (including phenoxy) is 4. The topological polar surface area (TPSA) is 46.2 Å². The molecule has 1 rings (SSSR count). The van der Waals surface area contributed by atoms with E-state index in [0.717, 1.165) is 18.1 Å². The molecule has 0 unspecified atom stereocenters. The molecule has 138 valence electrons. The normalized spacial score (nSPS) is 32.5. The van der Waals surface area contributed by atoms with Crippen LogP contribution in [0, 0.1) is 0 Å². The molecule has 1 fully saturated rings. The van der Waals surface area contributed by atoms with Crippen molar-refractivity contribution >= 4 is 8.32 Å². The van der Waals surface area contributed by atoms with Crippen LogP contribution in [0.3, 0.4) is 0 Å². The van der Waals surface area contributed by atoms with Gasteiger partial charge in [0.2, 0.25) is 0 Å². The number of methoxy groups -OCH3 is 2. The molecular weight excluding hydrogens is 312 g/mol. The molecule has 0 amide bonds. The highest BCUT2D eigenvalue weighted by molar-refractivity contribution is 6.73. The molecule has 1 heterocycles. The Morgan fingerprint density at radius 1 is 0.913 bits per heavy atom. The molecule has 5 nitrogen and oxygen atoms in total. The molecule has 1 saturated heterocycles. The van der Waals surface area contributed by atoms with Crippen LogP contribution in [0.1, 0.15) is 41.5 Å². The van der Waals surface area contributed by atoms with Crippen molar-refractivity contribution in [1.82, 2.24) is 0 Å². The first-order valence-corrected chi connectivity index (χ1v) is 11.4. The minimum Gasteiger partial charge on any atom is -0.409 e. The molecule has 23 heavy (non-hydrogen) atoms. The van der Waals surface area contributed by atoms with Gasteiger partial charge in [-0.3, -0.25) is 0 Å². The van der Waals surface area contributed by atoms with Gasteiger partial charge in [-0.25, -0.2) is 0 Å². The van der Waals surface area contributed by atoms with Gasteiger partial charge in [0, 0.05) is 14.2 Å². The fourth-order valence-electron chi connectivity index (χ4n) is 3.32. The molecule has 0 N–H and O–H groups in total. The average molecular weight is 349 g/mol. The summed E-state index contributed by atoms with van der Waals surface area (Å²) in [5.74, 6) is 0.